The van der Waals surface area contributed by atoms with E-state index >= 15 is 0 Å². The van der Waals surface area contributed by atoms with Crippen LogP contribution in [0.4, 0.5) is 18.9 Å². The SMILES string of the molecule is CN(CC1COC=N1)c1ccc(C(F)(F)F)cc1. The van der Waals surface area contributed by atoms with E-state index in [0.29, 0.717) is 13.2 Å². The molecule has 0 amide bonds. The largest absolute Gasteiger partial charge is 0.481 e. The summed E-state index contributed by atoms with van der Waals surface area (Å²) in [5, 5.41) is 0. The van der Waals surface area contributed by atoms with Gasteiger partial charge in [-0.05, 0) is 24.3 Å². The lowest BCUT2D eigenvalue weighted by molar-refractivity contribution is -0.137. The zero-order valence-corrected chi connectivity index (χ0v) is 9.81. The quantitative estimate of drug-likeness (QED) is 0.832. The number of alkyl halides is 3. The Labute approximate surface area is 103 Å². The predicted octanol–water partition coefficient (Wildman–Crippen LogP) is 2.57. The number of anilines is 1. The molecule has 0 saturated carbocycles. The number of likely N-dealkylation sites (N-methyl/N-ethyl adjacent to an activating group) is 1. The van der Waals surface area contributed by atoms with E-state index < -0.39 is 11.7 Å². The Kier molecular flexibility index (Phi) is 3.45. The fourth-order valence-electron chi connectivity index (χ4n) is 1.75. The summed E-state index contributed by atoms with van der Waals surface area (Å²) in [5.74, 6) is 0. The number of nitrogens with zero attached hydrogens (tertiary/aromatic N) is 2. The van der Waals surface area contributed by atoms with Crippen molar-refractivity contribution in [2.45, 2.75) is 12.2 Å². The molecule has 6 heteroatoms. The van der Waals surface area contributed by atoms with E-state index in [4.69, 9.17) is 4.74 Å². The second-order valence-electron chi connectivity index (χ2n) is 4.17. The molecule has 0 N–H and O–H groups in total. The number of ether oxygens (including phenoxy) is 1. The molecule has 1 aliphatic rings. The highest BCUT2D eigenvalue weighted by Crippen LogP contribution is 2.30. The van der Waals surface area contributed by atoms with Crippen molar-refractivity contribution in [3.63, 3.8) is 0 Å². The number of hydrogen-bond donors (Lipinski definition) is 0. The Bertz CT molecular complexity index is 428. The van der Waals surface area contributed by atoms with Gasteiger partial charge in [-0.1, -0.05) is 0 Å². The molecule has 1 aromatic rings. The molecule has 0 aliphatic carbocycles. The minimum atomic E-state index is -4.29. The van der Waals surface area contributed by atoms with Gasteiger partial charge in [-0.25, -0.2) is 4.99 Å². The number of hydrogen-bond acceptors (Lipinski definition) is 3. The van der Waals surface area contributed by atoms with E-state index in [2.05, 4.69) is 4.99 Å². The minimum absolute atomic E-state index is 0.0392. The number of aliphatic imine (C=N–C) groups is 1. The van der Waals surface area contributed by atoms with E-state index in [1.165, 1.54) is 18.5 Å². The first-order chi connectivity index (χ1) is 8.47. The summed E-state index contributed by atoms with van der Waals surface area (Å²) in [6.07, 6.45) is -2.88. The maximum Gasteiger partial charge on any atom is 0.416 e. The summed E-state index contributed by atoms with van der Waals surface area (Å²) in [6.45, 7) is 1.13. The second kappa shape index (κ2) is 4.88. The molecule has 0 saturated heterocycles. The summed E-state index contributed by atoms with van der Waals surface area (Å²) in [6, 6.07) is 5.13. The molecule has 0 aromatic heterocycles. The molecule has 1 unspecified atom stereocenters. The molecule has 1 aromatic carbocycles. The van der Waals surface area contributed by atoms with Crippen LogP contribution in [-0.4, -0.2) is 32.6 Å². The van der Waals surface area contributed by atoms with Gasteiger partial charge in [-0.2, -0.15) is 13.2 Å². The monoisotopic (exact) mass is 258 g/mol. The van der Waals surface area contributed by atoms with Crippen molar-refractivity contribution in [2.24, 2.45) is 4.99 Å². The average molecular weight is 258 g/mol. The van der Waals surface area contributed by atoms with E-state index in [1.807, 2.05) is 11.9 Å². The zero-order valence-electron chi connectivity index (χ0n) is 9.81. The van der Waals surface area contributed by atoms with Crippen LogP contribution in [0.1, 0.15) is 5.56 Å². The first kappa shape index (κ1) is 12.7. The Balaban J connectivity index is 2.02. The number of halogens is 3. The highest BCUT2D eigenvalue weighted by molar-refractivity contribution is 5.51. The van der Waals surface area contributed by atoms with Gasteiger partial charge in [-0.3, -0.25) is 0 Å². The maximum absolute atomic E-state index is 12.4. The molecule has 3 nitrogen and oxygen atoms in total. The molecule has 0 fully saturated rings. The molecule has 0 bridgehead atoms. The van der Waals surface area contributed by atoms with Crippen molar-refractivity contribution in [3.05, 3.63) is 29.8 Å². The van der Waals surface area contributed by atoms with Crippen molar-refractivity contribution in [1.29, 1.82) is 0 Å². The smallest absolute Gasteiger partial charge is 0.416 e. The van der Waals surface area contributed by atoms with Gasteiger partial charge < -0.3 is 9.64 Å². The van der Waals surface area contributed by atoms with E-state index in [9.17, 15) is 13.2 Å². The lowest BCUT2D eigenvalue weighted by atomic mass is 10.2. The van der Waals surface area contributed by atoms with Crippen molar-refractivity contribution >= 4 is 12.1 Å². The molecule has 0 radical (unpaired) electrons. The van der Waals surface area contributed by atoms with Gasteiger partial charge in [0.2, 0.25) is 0 Å². The third kappa shape index (κ3) is 2.94. The van der Waals surface area contributed by atoms with Gasteiger partial charge in [0.05, 0.1) is 5.56 Å². The van der Waals surface area contributed by atoms with Crippen LogP contribution in [0.2, 0.25) is 0 Å². The van der Waals surface area contributed by atoms with Crippen LogP contribution in [0, 0.1) is 0 Å². The Morgan fingerprint density at radius 1 is 1.33 bits per heavy atom. The van der Waals surface area contributed by atoms with Crippen LogP contribution in [0.25, 0.3) is 0 Å². The molecule has 0 spiro atoms. The summed E-state index contributed by atoms with van der Waals surface area (Å²) in [4.78, 5) is 5.95. The molecule has 1 aliphatic heterocycles. The van der Waals surface area contributed by atoms with Crippen LogP contribution < -0.4 is 4.90 Å². The minimum Gasteiger partial charge on any atom is -0.481 e. The molecule has 18 heavy (non-hydrogen) atoms. The van der Waals surface area contributed by atoms with Crippen LogP contribution in [-0.2, 0) is 10.9 Å². The zero-order chi connectivity index (χ0) is 13.2. The van der Waals surface area contributed by atoms with Crippen LogP contribution in [0.3, 0.4) is 0 Å². The van der Waals surface area contributed by atoms with E-state index in [-0.39, 0.29) is 6.04 Å². The van der Waals surface area contributed by atoms with E-state index in [1.54, 1.807) is 0 Å². The molecule has 2 rings (SSSR count). The standard InChI is InChI=1S/C12H13F3N2O/c1-17(6-10-7-18-8-16-10)11-4-2-9(3-5-11)12(13,14)15/h2-5,8,10H,6-7H2,1H3. The summed E-state index contributed by atoms with van der Waals surface area (Å²) in [5.41, 5.74) is 0.0898. The van der Waals surface area contributed by atoms with E-state index in [0.717, 1.165) is 17.8 Å². The molecule has 1 atom stereocenters. The summed E-state index contributed by atoms with van der Waals surface area (Å²) < 4.78 is 42.2. The second-order valence-corrected chi connectivity index (χ2v) is 4.17. The normalized spacial score (nSPS) is 18.8. The third-order valence-electron chi connectivity index (χ3n) is 2.75. The fourth-order valence-corrected chi connectivity index (χ4v) is 1.75. The molecule has 1 heterocycles. The Morgan fingerprint density at radius 3 is 2.50 bits per heavy atom. The fraction of sp³-hybridized carbons (Fsp3) is 0.417. The Morgan fingerprint density at radius 2 is 2.00 bits per heavy atom. The lowest BCUT2D eigenvalue weighted by Crippen LogP contribution is -2.28. The van der Waals surface area contributed by atoms with Crippen LogP contribution in [0.15, 0.2) is 29.3 Å². The van der Waals surface area contributed by atoms with Crippen molar-refractivity contribution in [3.8, 4) is 0 Å². The van der Waals surface area contributed by atoms with Crippen molar-refractivity contribution in [2.75, 3.05) is 25.1 Å². The van der Waals surface area contributed by atoms with Gasteiger partial charge in [0.1, 0.15) is 12.6 Å². The Hall–Kier alpha value is -1.72. The molecule has 98 valence electrons. The van der Waals surface area contributed by atoms with Crippen LogP contribution in [0.5, 0.6) is 0 Å². The highest BCUT2D eigenvalue weighted by Gasteiger charge is 2.30. The first-order valence-electron chi connectivity index (χ1n) is 5.48. The predicted molar refractivity (Wildman–Crippen MR) is 62.9 cm³/mol. The van der Waals surface area contributed by atoms with Gasteiger partial charge >= 0.3 is 6.18 Å². The van der Waals surface area contributed by atoms with Gasteiger partial charge in [-0.15, -0.1) is 0 Å². The number of rotatable bonds is 3. The maximum atomic E-state index is 12.4. The van der Waals surface area contributed by atoms with Crippen molar-refractivity contribution in [1.82, 2.24) is 0 Å². The van der Waals surface area contributed by atoms with Crippen molar-refractivity contribution < 1.29 is 17.9 Å². The third-order valence-corrected chi connectivity index (χ3v) is 2.75. The van der Waals surface area contributed by atoms with Gasteiger partial charge in [0, 0.05) is 19.3 Å². The lowest BCUT2D eigenvalue weighted by Gasteiger charge is -2.21. The molecular formula is C12H13F3N2O. The highest BCUT2D eigenvalue weighted by atomic mass is 19.4. The molecular weight excluding hydrogens is 245 g/mol. The van der Waals surface area contributed by atoms with Crippen LogP contribution >= 0.6 is 0 Å². The van der Waals surface area contributed by atoms with Gasteiger partial charge in [0.25, 0.3) is 0 Å². The summed E-state index contributed by atoms with van der Waals surface area (Å²) >= 11 is 0. The first-order valence-corrected chi connectivity index (χ1v) is 5.48. The van der Waals surface area contributed by atoms with Gasteiger partial charge in [0.15, 0.2) is 6.40 Å². The summed E-state index contributed by atoms with van der Waals surface area (Å²) in [7, 11) is 1.82. The number of benzene rings is 1. The topological polar surface area (TPSA) is 24.8 Å². The average Bonchev–Trinajstić information content (AvgIpc) is 2.81.